The third-order valence-electron chi connectivity index (χ3n) is 4.30. The average molecular weight is 533 g/mol. The van der Waals surface area contributed by atoms with E-state index in [4.69, 9.17) is 0 Å². The fourth-order valence-electron chi connectivity index (χ4n) is 2.81. The highest BCUT2D eigenvalue weighted by atomic mass is 79.9. The van der Waals surface area contributed by atoms with Crippen molar-refractivity contribution in [3.8, 4) is 0 Å². The van der Waals surface area contributed by atoms with E-state index >= 15 is 0 Å². The highest BCUT2D eigenvalue weighted by Crippen LogP contribution is 2.36. The molecule has 5 heteroatoms. The SMILES string of the molecule is CCCCCCCCCC/C(Br)=C(\Br)c1nnc2ccccc2c1Br. The first-order valence-electron chi connectivity index (χ1n) is 9.10. The van der Waals surface area contributed by atoms with Gasteiger partial charge in [-0.2, -0.15) is 0 Å². The summed E-state index contributed by atoms with van der Waals surface area (Å²) in [4.78, 5) is 0. The van der Waals surface area contributed by atoms with Crippen LogP contribution in [0.4, 0.5) is 0 Å². The number of unbranched alkanes of at least 4 members (excludes halogenated alkanes) is 7. The molecule has 1 heterocycles. The van der Waals surface area contributed by atoms with Crippen LogP contribution in [0, 0.1) is 0 Å². The maximum atomic E-state index is 4.38. The minimum atomic E-state index is 0.852. The van der Waals surface area contributed by atoms with Crippen LogP contribution in [0.2, 0.25) is 0 Å². The second-order valence-electron chi connectivity index (χ2n) is 6.32. The largest absolute Gasteiger partial charge is 0.150 e. The number of allylic oxidation sites excluding steroid dienone is 1. The second-order valence-corrected chi connectivity index (χ2v) is 8.87. The topological polar surface area (TPSA) is 25.8 Å². The molecular formula is C20H25Br3N2. The summed E-state index contributed by atoms with van der Waals surface area (Å²) in [6, 6.07) is 8.03. The van der Waals surface area contributed by atoms with Gasteiger partial charge in [0.05, 0.1) is 14.5 Å². The highest BCUT2D eigenvalue weighted by Gasteiger charge is 2.13. The average Bonchev–Trinajstić information content (AvgIpc) is 2.63. The van der Waals surface area contributed by atoms with E-state index in [1.165, 1.54) is 51.4 Å². The first-order chi connectivity index (χ1) is 12.1. The molecule has 0 unspecified atom stereocenters. The van der Waals surface area contributed by atoms with Gasteiger partial charge in [-0.1, -0.05) is 86.0 Å². The molecule has 25 heavy (non-hydrogen) atoms. The minimum absolute atomic E-state index is 0.852. The quantitative estimate of drug-likeness (QED) is 0.287. The van der Waals surface area contributed by atoms with Crippen molar-refractivity contribution in [3.63, 3.8) is 0 Å². The van der Waals surface area contributed by atoms with E-state index in [9.17, 15) is 0 Å². The minimum Gasteiger partial charge on any atom is -0.150 e. The van der Waals surface area contributed by atoms with Gasteiger partial charge in [-0.25, -0.2) is 0 Å². The van der Waals surface area contributed by atoms with E-state index in [1.54, 1.807) is 0 Å². The number of hydrogen-bond donors (Lipinski definition) is 0. The molecule has 1 aromatic heterocycles. The van der Waals surface area contributed by atoms with Gasteiger partial charge in [-0.15, -0.1) is 10.2 Å². The lowest BCUT2D eigenvalue weighted by Gasteiger charge is -2.08. The van der Waals surface area contributed by atoms with E-state index in [-0.39, 0.29) is 0 Å². The number of halogens is 3. The van der Waals surface area contributed by atoms with Gasteiger partial charge in [0, 0.05) is 9.87 Å². The summed E-state index contributed by atoms with van der Waals surface area (Å²) in [6.07, 6.45) is 11.7. The maximum absolute atomic E-state index is 4.38. The van der Waals surface area contributed by atoms with E-state index in [1.807, 2.05) is 18.2 Å². The molecule has 1 aromatic carbocycles. The van der Waals surface area contributed by atoms with Gasteiger partial charge in [0.25, 0.3) is 0 Å². The van der Waals surface area contributed by atoms with Crippen molar-refractivity contribution in [2.45, 2.75) is 64.7 Å². The predicted molar refractivity (Wildman–Crippen MR) is 119 cm³/mol. The molecule has 0 radical (unpaired) electrons. The molecule has 0 amide bonds. The maximum Gasteiger partial charge on any atom is 0.116 e. The molecule has 0 aliphatic rings. The molecular weight excluding hydrogens is 508 g/mol. The molecule has 0 fully saturated rings. The highest BCUT2D eigenvalue weighted by molar-refractivity contribution is 9.16. The summed E-state index contributed by atoms with van der Waals surface area (Å²) in [6.45, 7) is 2.26. The summed E-state index contributed by atoms with van der Waals surface area (Å²) < 4.78 is 3.13. The zero-order chi connectivity index (χ0) is 18.1. The van der Waals surface area contributed by atoms with Crippen molar-refractivity contribution >= 4 is 63.2 Å². The smallest absolute Gasteiger partial charge is 0.116 e. The van der Waals surface area contributed by atoms with Crippen molar-refractivity contribution < 1.29 is 0 Å². The van der Waals surface area contributed by atoms with E-state index in [0.717, 1.165) is 36.5 Å². The van der Waals surface area contributed by atoms with Crippen LogP contribution in [0.3, 0.4) is 0 Å². The fourth-order valence-corrected chi connectivity index (χ4v) is 4.64. The van der Waals surface area contributed by atoms with Gasteiger partial charge >= 0.3 is 0 Å². The number of aromatic nitrogens is 2. The van der Waals surface area contributed by atoms with Crippen LogP contribution in [-0.4, -0.2) is 10.2 Å². The number of rotatable bonds is 10. The van der Waals surface area contributed by atoms with Crippen LogP contribution in [0.15, 0.2) is 33.2 Å². The number of hydrogen-bond acceptors (Lipinski definition) is 2. The predicted octanol–water partition coefficient (Wildman–Crippen LogP) is 8.38. The molecule has 0 aliphatic heterocycles. The monoisotopic (exact) mass is 530 g/mol. The molecule has 0 N–H and O–H groups in total. The summed E-state index contributed by atoms with van der Waals surface area (Å²) in [7, 11) is 0. The zero-order valence-electron chi connectivity index (χ0n) is 14.7. The van der Waals surface area contributed by atoms with Crippen molar-refractivity contribution in [3.05, 3.63) is 38.9 Å². The molecule has 0 atom stereocenters. The van der Waals surface area contributed by atoms with Crippen LogP contribution >= 0.6 is 47.8 Å². The van der Waals surface area contributed by atoms with Crippen molar-refractivity contribution in [1.29, 1.82) is 0 Å². The van der Waals surface area contributed by atoms with E-state index in [2.05, 4.69) is 71.0 Å². The van der Waals surface area contributed by atoms with Gasteiger partial charge in [0.1, 0.15) is 5.69 Å². The molecule has 0 spiro atoms. The van der Waals surface area contributed by atoms with Crippen LogP contribution in [0.1, 0.15) is 70.4 Å². The van der Waals surface area contributed by atoms with Gasteiger partial charge in [-0.3, -0.25) is 0 Å². The van der Waals surface area contributed by atoms with Gasteiger partial charge in [-0.05, 0) is 50.8 Å². The lowest BCUT2D eigenvalue weighted by atomic mass is 10.1. The Morgan fingerprint density at radius 1 is 0.880 bits per heavy atom. The Bertz CT molecular complexity index is 713. The summed E-state index contributed by atoms with van der Waals surface area (Å²) in [5, 5.41) is 9.79. The molecule has 2 aromatic rings. The standard InChI is InChI=1S/C20H25Br3N2/c1-2-3-4-5-6-7-8-9-13-16(21)19(23)20-18(22)15-12-10-11-14-17(15)24-25-20/h10-12,14H,2-9,13H2,1H3/b19-16+. The number of nitrogens with zero attached hydrogens (tertiary/aromatic N) is 2. The van der Waals surface area contributed by atoms with Gasteiger partial charge in [0.15, 0.2) is 0 Å². The summed E-state index contributed by atoms with van der Waals surface area (Å²) in [5.74, 6) is 0. The van der Waals surface area contributed by atoms with Gasteiger partial charge < -0.3 is 0 Å². The van der Waals surface area contributed by atoms with E-state index in [0.29, 0.717) is 0 Å². The summed E-state index contributed by atoms with van der Waals surface area (Å²) >= 11 is 11.1. The number of benzene rings is 1. The van der Waals surface area contributed by atoms with Crippen molar-refractivity contribution in [1.82, 2.24) is 10.2 Å². The molecule has 0 bridgehead atoms. The molecule has 2 nitrogen and oxygen atoms in total. The molecule has 0 saturated carbocycles. The number of fused-ring (bicyclic) bond motifs is 1. The second kappa shape index (κ2) is 11.5. The fraction of sp³-hybridized carbons (Fsp3) is 0.500. The Morgan fingerprint density at radius 2 is 1.52 bits per heavy atom. The summed E-state index contributed by atoms with van der Waals surface area (Å²) in [5.41, 5.74) is 1.75. The van der Waals surface area contributed by atoms with Crippen LogP contribution in [0.25, 0.3) is 15.4 Å². The third kappa shape index (κ3) is 6.44. The molecule has 0 saturated heterocycles. The van der Waals surface area contributed by atoms with Crippen molar-refractivity contribution in [2.24, 2.45) is 0 Å². The van der Waals surface area contributed by atoms with Gasteiger partial charge in [0.2, 0.25) is 0 Å². The zero-order valence-corrected chi connectivity index (χ0v) is 19.5. The Balaban J connectivity index is 1.90. The van der Waals surface area contributed by atoms with Crippen LogP contribution in [-0.2, 0) is 0 Å². The Kier molecular flexibility index (Phi) is 9.64. The third-order valence-corrected chi connectivity index (χ3v) is 7.28. The molecule has 0 aliphatic carbocycles. The first kappa shape index (κ1) is 21.0. The van der Waals surface area contributed by atoms with E-state index < -0.39 is 0 Å². The Morgan fingerprint density at radius 3 is 2.24 bits per heavy atom. The molecule has 2 rings (SSSR count). The lowest BCUT2D eigenvalue weighted by molar-refractivity contribution is 0.577. The van der Waals surface area contributed by atoms with Crippen LogP contribution in [0.5, 0.6) is 0 Å². The van der Waals surface area contributed by atoms with Crippen molar-refractivity contribution in [2.75, 3.05) is 0 Å². The van der Waals surface area contributed by atoms with Crippen LogP contribution < -0.4 is 0 Å². The first-order valence-corrected chi connectivity index (χ1v) is 11.5. The Hall–Kier alpha value is -0.260. The lowest BCUT2D eigenvalue weighted by Crippen LogP contribution is -1.94. The Labute approximate surface area is 176 Å². The normalized spacial score (nSPS) is 12.5. The molecule has 136 valence electrons.